The maximum Gasteiger partial charge on any atom is 0.307 e. The van der Waals surface area contributed by atoms with Gasteiger partial charge in [-0.3, -0.25) is 4.79 Å². The third kappa shape index (κ3) is 4.23. The fraction of sp³-hybridized carbons (Fsp3) is 0.889. The molecule has 0 aromatic heterocycles. The number of ether oxygens (including phenoxy) is 1. The highest BCUT2D eigenvalue weighted by molar-refractivity contribution is 7.87. The fourth-order valence-electron chi connectivity index (χ4n) is 1.49. The van der Waals surface area contributed by atoms with Gasteiger partial charge in [0, 0.05) is 19.6 Å². The van der Waals surface area contributed by atoms with E-state index in [0.29, 0.717) is 32.7 Å². The van der Waals surface area contributed by atoms with Crippen molar-refractivity contribution in [2.45, 2.75) is 13.3 Å². The van der Waals surface area contributed by atoms with Crippen molar-refractivity contribution in [2.24, 2.45) is 5.92 Å². The maximum absolute atomic E-state index is 11.8. The van der Waals surface area contributed by atoms with Gasteiger partial charge in [0.25, 0.3) is 10.2 Å². The first-order chi connectivity index (χ1) is 7.97. The number of rotatable bonds is 6. The first-order valence-electron chi connectivity index (χ1n) is 5.52. The predicted octanol–water partition coefficient (Wildman–Crippen LogP) is -0.736. The molecule has 1 rings (SSSR count). The highest BCUT2D eigenvalue weighted by atomic mass is 32.2. The van der Waals surface area contributed by atoms with Crippen LogP contribution in [-0.2, 0) is 19.7 Å². The van der Waals surface area contributed by atoms with Crippen molar-refractivity contribution in [1.82, 2.24) is 9.03 Å². The summed E-state index contributed by atoms with van der Waals surface area (Å²) in [4.78, 5) is 10.8. The van der Waals surface area contributed by atoms with E-state index in [1.807, 2.05) is 0 Å². The summed E-state index contributed by atoms with van der Waals surface area (Å²) in [5.41, 5.74) is 0. The Kier molecular flexibility index (Phi) is 5.31. The van der Waals surface area contributed by atoms with Crippen molar-refractivity contribution in [3.05, 3.63) is 0 Å². The van der Waals surface area contributed by atoms with Crippen LogP contribution in [0.2, 0.25) is 0 Å². The van der Waals surface area contributed by atoms with Crippen LogP contribution in [0.15, 0.2) is 0 Å². The monoisotopic (exact) mass is 266 g/mol. The number of carboxylic acids is 1. The zero-order chi connectivity index (χ0) is 12.9. The smallest absolute Gasteiger partial charge is 0.307 e. The van der Waals surface area contributed by atoms with E-state index in [-0.39, 0.29) is 6.54 Å². The molecule has 7 nitrogen and oxygen atoms in total. The van der Waals surface area contributed by atoms with Gasteiger partial charge in [0.05, 0.1) is 19.1 Å². The van der Waals surface area contributed by atoms with E-state index in [2.05, 4.69) is 4.72 Å². The van der Waals surface area contributed by atoms with Crippen molar-refractivity contribution in [3.8, 4) is 0 Å². The number of hydrogen-bond acceptors (Lipinski definition) is 4. The molecule has 1 atom stereocenters. The van der Waals surface area contributed by atoms with E-state index in [1.54, 1.807) is 6.92 Å². The Morgan fingerprint density at radius 2 is 2.06 bits per heavy atom. The van der Waals surface area contributed by atoms with E-state index in [4.69, 9.17) is 9.84 Å². The molecule has 100 valence electrons. The van der Waals surface area contributed by atoms with Crippen LogP contribution < -0.4 is 4.72 Å². The number of carboxylic acid groups (broad SMARTS) is 1. The minimum atomic E-state index is -3.58. The average Bonchev–Trinajstić information content (AvgIpc) is 2.30. The number of aliphatic carboxylic acids is 1. The Balaban J connectivity index is 2.51. The second-order valence-corrected chi connectivity index (χ2v) is 5.56. The molecule has 1 heterocycles. The molecule has 0 amide bonds. The summed E-state index contributed by atoms with van der Waals surface area (Å²) in [5, 5.41) is 8.81. The largest absolute Gasteiger partial charge is 0.481 e. The van der Waals surface area contributed by atoms with Gasteiger partial charge in [-0.15, -0.1) is 0 Å². The minimum Gasteiger partial charge on any atom is -0.481 e. The van der Waals surface area contributed by atoms with E-state index in [9.17, 15) is 13.2 Å². The lowest BCUT2D eigenvalue weighted by Gasteiger charge is -2.26. The van der Waals surface area contributed by atoms with Crippen LogP contribution >= 0.6 is 0 Å². The van der Waals surface area contributed by atoms with Gasteiger partial charge in [0.1, 0.15) is 0 Å². The van der Waals surface area contributed by atoms with Crippen LogP contribution in [-0.4, -0.2) is 56.6 Å². The molecular weight excluding hydrogens is 248 g/mol. The molecule has 1 aliphatic rings. The Labute approximate surface area is 101 Å². The molecule has 1 aliphatic heterocycles. The van der Waals surface area contributed by atoms with Crippen LogP contribution in [0.1, 0.15) is 13.3 Å². The molecular formula is C9H18N2O5S. The maximum atomic E-state index is 11.8. The number of carbonyl (C=O) groups is 1. The fourth-order valence-corrected chi connectivity index (χ4v) is 2.71. The van der Waals surface area contributed by atoms with Gasteiger partial charge < -0.3 is 9.84 Å². The highest BCUT2D eigenvalue weighted by Crippen LogP contribution is 2.05. The summed E-state index contributed by atoms with van der Waals surface area (Å²) < 4.78 is 32.2. The molecule has 17 heavy (non-hydrogen) atoms. The van der Waals surface area contributed by atoms with E-state index >= 15 is 0 Å². The number of nitrogens with one attached hydrogen (secondary N) is 1. The second kappa shape index (κ2) is 6.29. The quantitative estimate of drug-likeness (QED) is 0.660. The lowest BCUT2D eigenvalue weighted by Crippen LogP contribution is -2.48. The Morgan fingerprint density at radius 3 is 2.53 bits per heavy atom. The number of hydrogen-bond donors (Lipinski definition) is 2. The van der Waals surface area contributed by atoms with Gasteiger partial charge in [-0.1, -0.05) is 6.92 Å². The molecule has 0 spiro atoms. The van der Waals surface area contributed by atoms with Crippen LogP contribution in [0, 0.1) is 5.92 Å². The van der Waals surface area contributed by atoms with Crippen molar-refractivity contribution >= 4 is 16.2 Å². The van der Waals surface area contributed by atoms with Crippen LogP contribution in [0.5, 0.6) is 0 Å². The van der Waals surface area contributed by atoms with Crippen LogP contribution in [0.4, 0.5) is 0 Å². The van der Waals surface area contributed by atoms with Gasteiger partial charge in [-0.2, -0.15) is 12.7 Å². The molecule has 0 aromatic carbocycles. The summed E-state index contributed by atoms with van der Waals surface area (Å²) in [6.45, 7) is 2.99. The molecule has 2 N–H and O–H groups in total. The van der Waals surface area contributed by atoms with E-state index < -0.39 is 22.1 Å². The van der Waals surface area contributed by atoms with Crippen LogP contribution in [0.25, 0.3) is 0 Å². The Morgan fingerprint density at radius 1 is 1.47 bits per heavy atom. The lowest BCUT2D eigenvalue weighted by atomic mass is 10.1. The van der Waals surface area contributed by atoms with Crippen molar-refractivity contribution in [3.63, 3.8) is 0 Å². The third-order valence-corrected chi connectivity index (χ3v) is 4.24. The van der Waals surface area contributed by atoms with Gasteiger partial charge in [-0.25, -0.2) is 4.72 Å². The van der Waals surface area contributed by atoms with Crippen LogP contribution in [0.3, 0.4) is 0 Å². The molecule has 1 fully saturated rings. The van der Waals surface area contributed by atoms with E-state index in [0.717, 1.165) is 0 Å². The van der Waals surface area contributed by atoms with Crippen molar-refractivity contribution in [1.29, 1.82) is 0 Å². The zero-order valence-corrected chi connectivity index (χ0v) is 10.6. The summed E-state index contributed by atoms with van der Waals surface area (Å²) >= 11 is 0. The molecule has 8 heteroatoms. The van der Waals surface area contributed by atoms with Gasteiger partial charge in [0.2, 0.25) is 0 Å². The van der Waals surface area contributed by atoms with Crippen molar-refractivity contribution in [2.75, 3.05) is 32.8 Å². The molecule has 0 aliphatic carbocycles. The normalized spacial score (nSPS) is 20.1. The SMILES string of the molecule is CCC(CNS(=O)(=O)N1CCOCC1)C(=O)O. The predicted molar refractivity (Wildman–Crippen MR) is 60.7 cm³/mol. The number of morpholine rings is 1. The Bertz CT molecular complexity index is 350. The molecule has 0 saturated carbocycles. The molecule has 1 saturated heterocycles. The molecule has 0 radical (unpaired) electrons. The van der Waals surface area contributed by atoms with E-state index in [1.165, 1.54) is 4.31 Å². The van der Waals surface area contributed by atoms with Gasteiger partial charge in [0.15, 0.2) is 0 Å². The lowest BCUT2D eigenvalue weighted by molar-refractivity contribution is -0.141. The van der Waals surface area contributed by atoms with Crippen molar-refractivity contribution < 1.29 is 23.1 Å². The average molecular weight is 266 g/mol. The second-order valence-electron chi connectivity index (χ2n) is 3.81. The molecule has 1 unspecified atom stereocenters. The Hall–Kier alpha value is -0.700. The third-order valence-electron chi connectivity index (χ3n) is 2.66. The summed E-state index contributed by atoms with van der Waals surface area (Å²) in [6, 6.07) is 0. The first-order valence-corrected chi connectivity index (χ1v) is 6.96. The number of nitrogens with zero attached hydrogens (tertiary/aromatic N) is 1. The molecule has 0 bridgehead atoms. The zero-order valence-electron chi connectivity index (χ0n) is 9.76. The topological polar surface area (TPSA) is 95.9 Å². The van der Waals surface area contributed by atoms with Gasteiger partial charge >= 0.3 is 5.97 Å². The highest BCUT2D eigenvalue weighted by Gasteiger charge is 2.25. The summed E-state index contributed by atoms with van der Waals surface area (Å²) in [5.74, 6) is -1.68. The summed E-state index contributed by atoms with van der Waals surface area (Å²) in [6.07, 6.45) is 0.390. The standard InChI is InChI=1S/C9H18N2O5S/c1-2-8(9(12)13)7-10-17(14,15)11-3-5-16-6-4-11/h8,10H,2-7H2,1H3,(H,12,13). The molecule has 0 aromatic rings. The minimum absolute atomic E-state index is 0.0779. The van der Waals surface area contributed by atoms with Gasteiger partial charge in [-0.05, 0) is 6.42 Å². The summed E-state index contributed by atoms with van der Waals surface area (Å²) in [7, 11) is -3.58. The first kappa shape index (κ1) is 14.4.